The summed E-state index contributed by atoms with van der Waals surface area (Å²) in [6.07, 6.45) is 3.56. The highest BCUT2D eigenvalue weighted by Gasteiger charge is 2.02. The molecular formula is C11H11NOS2. The molecule has 0 fully saturated rings. The van der Waals surface area contributed by atoms with Gasteiger partial charge in [-0.1, -0.05) is 12.1 Å². The predicted molar refractivity (Wildman–Crippen MR) is 64.6 cm³/mol. The Hall–Kier alpha value is -1.00. The van der Waals surface area contributed by atoms with E-state index >= 15 is 0 Å². The van der Waals surface area contributed by atoms with Crippen LogP contribution in [0.1, 0.15) is 5.01 Å². The predicted octanol–water partition coefficient (Wildman–Crippen LogP) is 2.86. The quantitative estimate of drug-likeness (QED) is 0.804. The summed E-state index contributed by atoms with van der Waals surface area (Å²) < 4.78 is 11.2. The largest absolute Gasteiger partial charge is 0.255 e. The van der Waals surface area contributed by atoms with Crippen molar-refractivity contribution in [2.24, 2.45) is 0 Å². The average molecular weight is 237 g/mol. The number of hydrogen-bond acceptors (Lipinski definition) is 3. The van der Waals surface area contributed by atoms with E-state index in [1.54, 1.807) is 17.6 Å². The van der Waals surface area contributed by atoms with Crippen LogP contribution < -0.4 is 0 Å². The third kappa shape index (κ3) is 2.33. The third-order valence-electron chi connectivity index (χ3n) is 2.09. The highest BCUT2D eigenvalue weighted by atomic mass is 32.2. The van der Waals surface area contributed by atoms with E-state index in [0.29, 0.717) is 0 Å². The summed E-state index contributed by atoms with van der Waals surface area (Å²) in [7, 11) is -0.901. The first-order chi connectivity index (χ1) is 7.16. The molecule has 1 atom stereocenters. The second kappa shape index (κ2) is 4.24. The third-order valence-corrected chi connectivity index (χ3v) is 3.99. The molecule has 0 aliphatic rings. The smallest absolute Gasteiger partial charge is 0.0900 e. The first kappa shape index (κ1) is 10.5. The second-order valence-corrected chi connectivity index (χ2v) is 5.84. The van der Waals surface area contributed by atoms with E-state index in [0.717, 1.165) is 20.3 Å². The number of nitrogens with zero attached hydrogens (tertiary/aromatic N) is 1. The van der Waals surface area contributed by atoms with Crippen molar-refractivity contribution in [3.63, 3.8) is 0 Å². The molecule has 4 heteroatoms. The summed E-state index contributed by atoms with van der Waals surface area (Å²) >= 11 is 1.67. The molecule has 0 saturated heterocycles. The number of aryl methyl sites for hydroxylation is 1. The number of hydrogen-bond donors (Lipinski definition) is 0. The lowest BCUT2D eigenvalue weighted by Gasteiger charge is -1.98. The zero-order valence-electron chi connectivity index (χ0n) is 8.56. The van der Waals surface area contributed by atoms with Crippen molar-refractivity contribution >= 4 is 22.1 Å². The van der Waals surface area contributed by atoms with Gasteiger partial charge in [-0.3, -0.25) is 4.21 Å². The van der Waals surface area contributed by atoms with Crippen LogP contribution in [0.4, 0.5) is 0 Å². The van der Waals surface area contributed by atoms with Crippen LogP contribution in [0.2, 0.25) is 0 Å². The lowest BCUT2D eigenvalue weighted by Crippen LogP contribution is -1.85. The lowest BCUT2D eigenvalue weighted by atomic mass is 10.2. The Balaban J connectivity index is 2.35. The zero-order valence-corrected chi connectivity index (χ0v) is 10.2. The average Bonchev–Trinajstić information content (AvgIpc) is 2.65. The second-order valence-electron chi connectivity index (χ2n) is 3.22. The summed E-state index contributed by atoms with van der Waals surface area (Å²) in [6.45, 7) is 1.99. The maximum absolute atomic E-state index is 11.2. The fourth-order valence-corrected chi connectivity index (χ4v) is 2.61. The Morgan fingerprint density at radius 1 is 1.27 bits per heavy atom. The first-order valence-corrected chi connectivity index (χ1v) is 6.90. The van der Waals surface area contributed by atoms with Crippen LogP contribution in [0.5, 0.6) is 0 Å². The Bertz CT molecular complexity index is 488. The van der Waals surface area contributed by atoms with Gasteiger partial charge in [0.1, 0.15) is 0 Å². The van der Waals surface area contributed by atoms with Gasteiger partial charge in [0.05, 0.1) is 9.88 Å². The van der Waals surface area contributed by atoms with Crippen molar-refractivity contribution in [2.45, 2.75) is 11.8 Å². The molecule has 0 aliphatic heterocycles. The van der Waals surface area contributed by atoms with Crippen molar-refractivity contribution in [3.8, 4) is 10.4 Å². The molecule has 2 rings (SSSR count). The molecule has 1 unspecified atom stereocenters. The maximum atomic E-state index is 11.2. The number of aromatic nitrogens is 1. The molecule has 0 radical (unpaired) electrons. The van der Waals surface area contributed by atoms with Crippen LogP contribution in [0.3, 0.4) is 0 Å². The SMILES string of the molecule is Cc1ncc(-c2ccc(S(C)=O)cc2)s1. The summed E-state index contributed by atoms with van der Waals surface area (Å²) in [5.41, 5.74) is 1.13. The van der Waals surface area contributed by atoms with Crippen molar-refractivity contribution in [1.29, 1.82) is 0 Å². The number of rotatable bonds is 2. The molecule has 15 heavy (non-hydrogen) atoms. The Kier molecular flexibility index (Phi) is 2.98. The van der Waals surface area contributed by atoms with E-state index in [9.17, 15) is 4.21 Å². The van der Waals surface area contributed by atoms with Crippen molar-refractivity contribution in [2.75, 3.05) is 6.26 Å². The maximum Gasteiger partial charge on any atom is 0.0900 e. The van der Waals surface area contributed by atoms with Crippen LogP contribution >= 0.6 is 11.3 Å². The van der Waals surface area contributed by atoms with E-state index in [-0.39, 0.29) is 0 Å². The van der Waals surface area contributed by atoms with Gasteiger partial charge in [-0.2, -0.15) is 0 Å². The minimum absolute atomic E-state index is 0.861. The Morgan fingerprint density at radius 3 is 2.40 bits per heavy atom. The highest BCUT2D eigenvalue weighted by Crippen LogP contribution is 2.26. The van der Waals surface area contributed by atoms with E-state index in [4.69, 9.17) is 0 Å². The van der Waals surface area contributed by atoms with Crippen LogP contribution in [0.15, 0.2) is 35.4 Å². The van der Waals surface area contributed by atoms with E-state index in [1.807, 2.05) is 37.4 Å². The van der Waals surface area contributed by atoms with Gasteiger partial charge < -0.3 is 0 Å². The fourth-order valence-electron chi connectivity index (χ4n) is 1.31. The van der Waals surface area contributed by atoms with Gasteiger partial charge in [0.2, 0.25) is 0 Å². The Labute approximate surface area is 95.5 Å². The Morgan fingerprint density at radius 2 is 1.93 bits per heavy atom. The molecule has 2 aromatic rings. The molecule has 1 aromatic carbocycles. The van der Waals surface area contributed by atoms with Gasteiger partial charge in [-0.15, -0.1) is 11.3 Å². The summed E-state index contributed by atoms with van der Waals surface area (Å²) in [4.78, 5) is 6.22. The standard InChI is InChI=1S/C11H11NOS2/c1-8-12-7-11(14-8)9-3-5-10(6-4-9)15(2)13/h3-7H,1-2H3. The normalized spacial score (nSPS) is 12.7. The summed E-state index contributed by atoms with van der Waals surface area (Å²) in [5, 5.41) is 1.06. The number of thiazole rings is 1. The molecule has 0 saturated carbocycles. The monoisotopic (exact) mass is 237 g/mol. The first-order valence-electron chi connectivity index (χ1n) is 4.53. The minimum Gasteiger partial charge on any atom is -0.255 e. The van der Waals surface area contributed by atoms with Gasteiger partial charge in [0.15, 0.2) is 0 Å². The zero-order chi connectivity index (χ0) is 10.8. The fraction of sp³-hybridized carbons (Fsp3) is 0.182. The van der Waals surface area contributed by atoms with Gasteiger partial charge in [-0.25, -0.2) is 4.98 Å². The van der Waals surface area contributed by atoms with E-state index in [1.165, 1.54) is 0 Å². The summed E-state index contributed by atoms with van der Waals surface area (Å²) in [6, 6.07) is 7.79. The molecule has 78 valence electrons. The minimum atomic E-state index is -0.901. The van der Waals surface area contributed by atoms with Gasteiger partial charge in [0, 0.05) is 28.1 Å². The van der Waals surface area contributed by atoms with Crippen LogP contribution in [-0.2, 0) is 10.8 Å². The van der Waals surface area contributed by atoms with Crippen molar-refractivity contribution in [3.05, 3.63) is 35.5 Å². The van der Waals surface area contributed by atoms with Crippen LogP contribution in [0.25, 0.3) is 10.4 Å². The molecule has 0 N–H and O–H groups in total. The molecular weight excluding hydrogens is 226 g/mol. The highest BCUT2D eigenvalue weighted by molar-refractivity contribution is 7.84. The van der Waals surface area contributed by atoms with Crippen molar-refractivity contribution < 1.29 is 4.21 Å². The molecule has 0 aliphatic carbocycles. The molecule has 0 amide bonds. The summed E-state index contributed by atoms with van der Waals surface area (Å²) in [5.74, 6) is 0. The van der Waals surface area contributed by atoms with E-state index in [2.05, 4.69) is 4.98 Å². The molecule has 0 spiro atoms. The van der Waals surface area contributed by atoms with E-state index < -0.39 is 10.8 Å². The van der Waals surface area contributed by atoms with Gasteiger partial charge >= 0.3 is 0 Å². The van der Waals surface area contributed by atoms with Gasteiger partial charge in [-0.05, 0) is 24.6 Å². The molecule has 1 heterocycles. The lowest BCUT2D eigenvalue weighted by molar-refractivity contribution is 0.687. The van der Waals surface area contributed by atoms with Crippen molar-refractivity contribution in [1.82, 2.24) is 4.98 Å². The number of benzene rings is 1. The molecule has 0 bridgehead atoms. The molecule has 2 nitrogen and oxygen atoms in total. The topological polar surface area (TPSA) is 30.0 Å². The molecule has 1 aromatic heterocycles. The van der Waals surface area contributed by atoms with Crippen LogP contribution in [-0.4, -0.2) is 15.4 Å². The van der Waals surface area contributed by atoms with Gasteiger partial charge in [0.25, 0.3) is 0 Å². The van der Waals surface area contributed by atoms with Crippen LogP contribution in [0, 0.1) is 6.92 Å².